The van der Waals surface area contributed by atoms with Crippen LogP contribution in [0.25, 0.3) is 11.3 Å². The van der Waals surface area contributed by atoms with Crippen molar-refractivity contribution in [1.82, 2.24) is 15.2 Å². The van der Waals surface area contributed by atoms with Crippen LogP contribution < -0.4 is 5.32 Å². The van der Waals surface area contributed by atoms with Crippen molar-refractivity contribution in [2.24, 2.45) is 0 Å². The number of hydrogen-bond acceptors (Lipinski definition) is 3. The third kappa shape index (κ3) is 5.20. The number of halogens is 1. The molecule has 1 saturated carbocycles. The minimum absolute atomic E-state index is 0.0364. The van der Waals surface area contributed by atoms with Crippen molar-refractivity contribution in [3.8, 4) is 11.3 Å². The zero-order chi connectivity index (χ0) is 22.0. The molecule has 5 nitrogen and oxygen atoms in total. The van der Waals surface area contributed by atoms with E-state index in [1.807, 2.05) is 67.6 Å². The number of rotatable bonds is 6. The van der Waals surface area contributed by atoms with Gasteiger partial charge in [0.25, 0.3) is 11.8 Å². The first kappa shape index (κ1) is 21.2. The number of pyridine rings is 1. The molecule has 31 heavy (non-hydrogen) atoms. The number of aryl methyl sites for hydroxylation is 1. The number of amides is 2. The molecule has 0 atom stereocenters. The smallest absolute Gasteiger partial charge is 0.255 e. The molecule has 0 spiro atoms. The van der Waals surface area contributed by atoms with Gasteiger partial charge in [-0.3, -0.25) is 14.6 Å². The molecule has 4 rings (SSSR count). The van der Waals surface area contributed by atoms with E-state index in [2.05, 4.69) is 26.2 Å². The molecule has 6 heteroatoms. The maximum atomic E-state index is 13.0. The number of nitrogens with one attached hydrogen (secondary N) is 1. The molecule has 0 aliphatic heterocycles. The topological polar surface area (TPSA) is 62.3 Å². The van der Waals surface area contributed by atoms with Crippen LogP contribution in [0.3, 0.4) is 0 Å². The lowest BCUT2D eigenvalue weighted by Crippen LogP contribution is -2.27. The molecule has 158 valence electrons. The fourth-order valence-electron chi connectivity index (χ4n) is 3.40. The van der Waals surface area contributed by atoms with Crippen LogP contribution in [0.15, 0.2) is 65.1 Å². The number of aromatic nitrogens is 1. The van der Waals surface area contributed by atoms with E-state index in [0.29, 0.717) is 29.4 Å². The molecule has 3 aromatic rings. The first-order chi connectivity index (χ1) is 14.9. The van der Waals surface area contributed by atoms with E-state index in [-0.39, 0.29) is 11.8 Å². The highest BCUT2D eigenvalue weighted by Crippen LogP contribution is 2.23. The van der Waals surface area contributed by atoms with Crippen LogP contribution in [-0.2, 0) is 6.54 Å². The summed E-state index contributed by atoms with van der Waals surface area (Å²) in [7, 11) is 1.78. The van der Waals surface area contributed by atoms with E-state index in [9.17, 15) is 9.59 Å². The lowest BCUT2D eigenvalue weighted by molar-refractivity contribution is 0.0783. The molecule has 0 unspecified atom stereocenters. The van der Waals surface area contributed by atoms with Gasteiger partial charge in [0.2, 0.25) is 0 Å². The Bertz CT molecular complexity index is 1120. The van der Waals surface area contributed by atoms with E-state index >= 15 is 0 Å². The molecule has 1 aliphatic carbocycles. The van der Waals surface area contributed by atoms with Crippen LogP contribution in [0.4, 0.5) is 0 Å². The Kier molecular flexibility index (Phi) is 6.18. The van der Waals surface area contributed by atoms with Crippen LogP contribution in [0.5, 0.6) is 0 Å². The minimum Gasteiger partial charge on any atom is -0.349 e. The second-order valence-electron chi connectivity index (χ2n) is 7.95. The van der Waals surface area contributed by atoms with Gasteiger partial charge in [0.05, 0.1) is 17.0 Å². The normalized spacial score (nSPS) is 13.0. The second-order valence-corrected chi connectivity index (χ2v) is 8.86. The van der Waals surface area contributed by atoms with Gasteiger partial charge >= 0.3 is 0 Å². The van der Waals surface area contributed by atoms with Crippen LogP contribution in [0.2, 0.25) is 0 Å². The van der Waals surface area contributed by atoms with E-state index < -0.39 is 0 Å². The van der Waals surface area contributed by atoms with Gasteiger partial charge in [-0.1, -0.05) is 40.2 Å². The summed E-state index contributed by atoms with van der Waals surface area (Å²) >= 11 is 3.48. The Labute approximate surface area is 190 Å². The second kappa shape index (κ2) is 9.02. The third-order valence-electron chi connectivity index (χ3n) is 5.33. The third-order valence-corrected chi connectivity index (χ3v) is 5.82. The predicted molar refractivity (Wildman–Crippen MR) is 125 cm³/mol. The molecule has 0 bridgehead atoms. The summed E-state index contributed by atoms with van der Waals surface area (Å²) in [6.45, 7) is 2.31. The Morgan fingerprint density at radius 3 is 2.48 bits per heavy atom. The Morgan fingerprint density at radius 1 is 1.10 bits per heavy atom. The SMILES string of the molecule is Cc1nc(-c2cccc(Br)c2)ccc1C(=O)N(C)Cc1ccc(C(=O)NC2CC2)cc1. The molecule has 1 aliphatic rings. The van der Waals surface area contributed by atoms with Crippen LogP contribution >= 0.6 is 15.9 Å². The highest BCUT2D eigenvalue weighted by atomic mass is 79.9. The molecule has 1 heterocycles. The van der Waals surface area contributed by atoms with Gasteiger partial charge in [0.15, 0.2) is 0 Å². The molecule has 0 radical (unpaired) electrons. The first-order valence-electron chi connectivity index (χ1n) is 10.3. The largest absolute Gasteiger partial charge is 0.349 e. The van der Waals surface area contributed by atoms with Crippen molar-refractivity contribution >= 4 is 27.7 Å². The summed E-state index contributed by atoms with van der Waals surface area (Å²) in [5.41, 5.74) is 4.72. The average Bonchev–Trinajstić information content (AvgIpc) is 3.57. The Morgan fingerprint density at radius 2 is 1.84 bits per heavy atom. The number of hydrogen-bond donors (Lipinski definition) is 1. The van der Waals surface area contributed by atoms with Gasteiger partial charge in [-0.25, -0.2) is 0 Å². The molecule has 1 fully saturated rings. The van der Waals surface area contributed by atoms with Crippen LogP contribution in [0.1, 0.15) is 44.8 Å². The maximum absolute atomic E-state index is 13.0. The van der Waals surface area contributed by atoms with Crippen molar-refractivity contribution in [3.05, 3.63) is 87.5 Å². The van der Waals surface area contributed by atoms with Gasteiger partial charge in [0, 0.05) is 35.2 Å². The fourth-order valence-corrected chi connectivity index (χ4v) is 3.80. The van der Waals surface area contributed by atoms with Gasteiger partial charge in [-0.2, -0.15) is 0 Å². The summed E-state index contributed by atoms with van der Waals surface area (Å²) in [4.78, 5) is 31.4. The lowest BCUT2D eigenvalue weighted by Gasteiger charge is -2.19. The quantitative estimate of drug-likeness (QED) is 0.544. The zero-order valence-corrected chi connectivity index (χ0v) is 19.1. The summed E-state index contributed by atoms with van der Waals surface area (Å²) in [6.07, 6.45) is 2.13. The molecular formula is C25H24BrN3O2. The summed E-state index contributed by atoms with van der Waals surface area (Å²) in [5, 5.41) is 2.98. The number of carbonyl (C=O) groups excluding carboxylic acids is 2. The molecule has 1 aromatic heterocycles. The monoisotopic (exact) mass is 477 g/mol. The van der Waals surface area contributed by atoms with Crippen LogP contribution in [0, 0.1) is 6.92 Å². The van der Waals surface area contributed by atoms with E-state index in [1.165, 1.54) is 0 Å². The highest BCUT2D eigenvalue weighted by molar-refractivity contribution is 9.10. The van der Waals surface area contributed by atoms with Gasteiger partial charge in [0.1, 0.15) is 0 Å². The number of benzene rings is 2. The Balaban J connectivity index is 1.43. The van der Waals surface area contributed by atoms with Crippen molar-refractivity contribution in [1.29, 1.82) is 0 Å². The molecule has 0 saturated heterocycles. The van der Waals surface area contributed by atoms with Gasteiger partial charge in [-0.15, -0.1) is 0 Å². The van der Waals surface area contributed by atoms with E-state index in [1.54, 1.807) is 11.9 Å². The molecule has 2 amide bonds. The maximum Gasteiger partial charge on any atom is 0.255 e. The highest BCUT2D eigenvalue weighted by Gasteiger charge is 2.23. The summed E-state index contributed by atoms with van der Waals surface area (Å²) in [6, 6.07) is 19.4. The van der Waals surface area contributed by atoms with Crippen molar-refractivity contribution in [3.63, 3.8) is 0 Å². The molecule has 2 aromatic carbocycles. The lowest BCUT2D eigenvalue weighted by atomic mass is 10.1. The minimum atomic E-state index is -0.0821. The molecular weight excluding hydrogens is 454 g/mol. The molecule has 1 N–H and O–H groups in total. The zero-order valence-electron chi connectivity index (χ0n) is 17.6. The van der Waals surface area contributed by atoms with Gasteiger partial charge in [-0.05, 0) is 61.7 Å². The van der Waals surface area contributed by atoms with Crippen molar-refractivity contribution in [2.75, 3.05) is 7.05 Å². The fraction of sp³-hybridized carbons (Fsp3) is 0.240. The summed E-state index contributed by atoms with van der Waals surface area (Å²) < 4.78 is 0.986. The Hall–Kier alpha value is -2.99. The summed E-state index contributed by atoms with van der Waals surface area (Å²) in [5.74, 6) is -0.118. The van der Waals surface area contributed by atoms with Gasteiger partial charge < -0.3 is 10.2 Å². The first-order valence-corrected chi connectivity index (χ1v) is 11.1. The number of carbonyl (C=O) groups is 2. The van der Waals surface area contributed by atoms with Crippen LogP contribution in [-0.4, -0.2) is 34.8 Å². The van der Waals surface area contributed by atoms with E-state index in [4.69, 9.17) is 0 Å². The van der Waals surface area contributed by atoms with E-state index in [0.717, 1.165) is 34.1 Å². The van der Waals surface area contributed by atoms with Crippen molar-refractivity contribution < 1.29 is 9.59 Å². The standard InChI is InChI=1S/C25H24BrN3O2/c1-16-22(12-13-23(27-16)19-4-3-5-20(26)14-19)25(31)29(2)15-17-6-8-18(9-7-17)24(30)28-21-10-11-21/h3-9,12-14,21H,10-11,15H2,1-2H3,(H,28,30). The number of nitrogens with zero attached hydrogens (tertiary/aromatic N) is 2. The van der Waals surface area contributed by atoms with Crippen molar-refractivity contribution in [2.45, 2.75) is 32.4 Å². The average molecular weight is 478 g/mol. The predicted octanol–water partition coefficient (Wildman–Crippen LogP) is 4.98.